The van der Waals surface area contributed by atoms with Crippen LogP contribution in [-0.2, 0) is 6.61 Å². The molecule has 2 rings (SSSR count). The molecule has 4 heteroatoms. The average molecular weight is 279 g/mol. The molecule has 2 aromatic rings. The van der Waals surface area contributed by atoms with Gasteiger partial charge in [-0.1, -0.05) is 29.8 Å². The van der Waals surface area contributed by atoms with Gasteiger partial charge in [-0.25, -0.2) is 0 Å². The minimum atomic E-state index is -0.135. The largest absolute Gasteiger partial charge is 0.493 e. The number of hydrogen-bond donors (Lipinski definition) is 1. The Bertz CT molecular complexity index is 582. The topological polar surface area (TPSA) is 38.7 Å². The molecule has 0 aliphatic rings. The molecule has 0 heterocycles. The van der Waals surface area contributed by atoms with Crippen LogP contribution in [0.15, 0.2) is 36.4 Å². The molecule has 2 aromatic carbocycles. The maximum absolute atomic E-state index is 9.32. The van der Waals surface area contributed by atoms with Crippen molar-refractivity contribution in [1.29, 1.82) is 0 Å². The highest BCUT2D eigenvalue weighted by Crippen LogP contribution is 2.37. The second-order valence-corrected chi connectivity index (χ2v) is 4.55. The minimum absolute atomic E-state index is 0.135. The Balaban J connectivity index is 2.41. The van der Waals surface area contributed by atoms with E-state index in [0.29, 0.717) is 27.8 Å². The van der Waals surface area contributed by atoms with Crippen LogP contribution in [0.25, 0.3) is 0 Å². The summed E-state index contributed by atoms with van der Waals surface area (Å²) in [6, 6.07) is 10.9. The van der Waals surface area contributed by atoms with E-state index in [-0.39, 0.29) is 6.61 Å². The third-order valence-corrected chi connectivity index (χ3v) is 3.05. The van der Waals surface area contributed by atoms with Gasteiger partial charge in [0.25, 0.3) is 0 Å². The molecule has 0 radical (unpaired) electrons. The Labute approximate surface area is 117 Å². The fraction of sp³-hybridized carbons (Fsp3) is 0.200. The maximum Gasteiger partial charge on any atom is 0.169 e. The molecule has 19 heavy (non-hydrogen) atoms. The van der Waals surface area contributed by atoms with E-state index in [2.05, 4.69) is 0 Å². The van der Waals surface area contributed by atoms with E-state index in [0.717, 1.165) is 5.56 Å². The lowest BCUT2D eigenvalue weighted by Crippen LogP contribution is -1.95. The Morgan fingerprint density at radius 3 is 2.63 bits per heavy atom. The normalized spacial score (nSPS) is 10.3. The van der Waals surface area contributed by atoms with Crippen LogP contribution in [0.3, 0.4) is 0 Å². The third kappa shape index (κ3) is 3.00. The smallest absolute Gasteiger partial charge is 0.169 e. The lowest BCUT2D eigenvalue weighted by molar-refractivity contribution is 0.275. The van der Waals surface area contributed by atoms with Gasteiger partial charge in [0.05, 0.1) is 18.7 Å². The number of aliphatic hydroxyl groups excluding tert-OH is 1. The zero-order chi connectivity index (χ0) is 13.8. The zero-order valence-corrected chi connectivity index (χ0v) is 11.6. The van der Waals surface area contributed by atoms with Crippen LogP contribution >= 0.6 is 11.6 Å². The monoisotopic (exact) mass is 278 g/mol. The summed E-state index contributed by atoms with van der Waals surface area (Å²) in [5.74, 6) is 1.65. The van der Waals surface area contributed by atoms with Crippen molar-refractivity contribution in [3.63, 3.8) is 0 Å². The predicted molar refractivity (Wildman–Crippen MR) is 75.2 cm³/mol. The van der Waals surface area contributed by atoms with Gasteiger partial charge in [-0.3, -0.25) is 0 Å². The predicted octanol–water partition coefficient (Wildman–Crippen LogP) is 3.94. The summed E-state index contributed by atoms with van der Waals surface area (Å²) in [4.78, 5) is 0. The number of benzene rings is 2. The van der Waals surface area contributed by atoms with Crippen LogP contribution in [0.4, 0.5) is 0 Å². The van der Waals surface area contributed by atoms with Crippen LogP contribution in [0.2, 0.25) is 5.02 Å². The summed E-state index contributed by atoms with van der Waals surface area (Å²) in [5, 5.41) is 9.77. The molecule has 0 fully saturated rings. The standard InChI is InChI=1S/C15H15ClO3/c1-10-6-7-13(14(8-10)18-2)19-15-11(9-17)4-3-5-12(15)16/h3-8,17H,9H2,1-2H3. The van der Waals surface area contributed by atoms with Gasteiger partial charge >= 0.3 is 0 Å². The van der Waals surface area contributed by atoms with E-state index < -0.39 is 0 Å². The Kier molecular flexibility index (Phi) is 4.30. The van der Waals surface area contributed by atoms with Crippen LogP contribution in [0, 0.1) is 6.92 Å². The van der Waals surface area contributed by atoms with Crippen LogP contribution in [0.5, 0.6) is 17.2 Å². The fourth-order valence-electron chi connectivity index (χ4n) is 1.76. The van der Waals surface area contributed by atoms with Gasteiger partial charge in [-0.2, -0.15) is 0 Å². The van der Waals surface area contributed by atoms with E-state index in [4.69, 9.17) is 21.1 Å². The molecule has 100 valence electrons. The zero-order valence-electron chi connectivity index (χ0n) is 10.8. The Hall–Kier alpha value is -1.71. The Morgan fingerprint density at radius 2 is 1.95 bits per heavy atom. The first-order valence-electron chi connectivity index (χ1n) is 5.86. The summed E-state index contributed by atoms with van der Waals surface area (Å²) in [6.07, 6.45) is 0. The van der Waals surface area contributed by atoms with Gasteiger partial charge in [0.15, 0.2) is 17.2 Å². The number of halogens is 1. The van der Waals surface area contributed by atoms with E-state index >= 15 is 0 Å². The third-order valence-electron chi connectivity index (χ3n) is 2.75. The average Bonchev–Trinajstić information content (AvgIpc) is 2.42. The van der Waals surface area contributed by atoms with Crippen molar-refractivity contribution in [3.8, 4) is 17.2 Å². The summed E-state index contributed by atoms with van der Waals surface area (Å²) in [6.45, 7) is 1.84. The van der Waals surface area contributed by atoms with Crippen molar-refractivity contribution in [2.24, 2.45) is 0 Å². The van der Waals surface area contributed by atoms with Gasteiger partial charge in [0.2, 0.25) is 0 Å². The van der Waals surface area contributed by atoms with E-state index in [1.54, 1.807) is 25.3 Å². The SMILES string of the molecule is COc1cc(C)ccc1Oc1c(Cl)cccc1CO. The molecule has 0 spiro atoms. The number of aryl methyl sites for hydroxylation is 1. The van der Waals surface area contributed by atoms with Gasteiger partial charge < -0.3 is 14.6 Å². The second kappa shape index (κ2) is 5.95. The van der Waals surface area contributed by atoms with Crippen LogP contribution < -0.4 is 9.47 Å². The first kappa shape index (κ1) is 13.7. The van der Waals surface area contributed by atoms with Crippen molar-refractivity contribution in [2.45, 2.75) is 13.5 Å². The van der Waals surface area contributed by atoms with E-state index in [1.807, 2.05) is 25.1 Å². The summed E-state index contributed by atoms with van der Waals surface area (Å²) >= 11 is 6.11. The van der Waals surface area contributed by atoms with Crippen molar-refractivity contribution in [2.75, 3.05) is 7.11 Å². The summed E-state index contributed by atoms with van der Waals surface area (Å²) in [7, 11) is 1.58. The first-order chi connectivity index (χ1) is 9.15. The molecule has 1 N–H and O–H groups in total. The van der Waals surface area contributed by atoms with Gasteiger partial charge in [-0.05, 0) is 30.7 Å². The quantitative estimate of drug-likeness (QED) is 0.920. The molecular formula is C15H15ClO3. The molecule has 0 aliphatic carbocycles. The highest BCUT2D eigenvalue weighted by atomic mass is 35.5. The van der Waals surface area contributed by atoms with Crippen molar-refractivity contribution >= 4 is 11.6 Å². The summed E-state index contributed by atoms with van der Waals surface area (Å²) in [5.41, 5.74) is 1.71. The molecule has 0 saturated heterocycles. The fourth-order valence-corrected chi connectivity index (χ4v) is 1.99. The lowest BCUT2D eigenvalue weighted by Gasteiger charge is -2.14. The molecule has 0 aromatic heterocycles. The highest BCUT2D eigenvalue weighted by molar-refractivity contribution is 6.32. The molecular weight excluding hydrogens is 264 g/mol. The molecule has 0 saturated carbocycles. The van der Waals surface area contributed by atoms with Crippen molar-refractivity contribution < 1.29 is 14.6 Å². The van der Waals surface area contributed by atoms with Crippen LogP contribution in [-0.4, -0.2) is 12.2 Å². The molecule has 0 atom stereocenters. The molecule has 0 amide bonds. The molecule has 3 nitrogen and oxygen atoms in total. The number of hydrogen-bond acceptors (Lipinski definition) is 3. The molecule has 0 unspecified atom stereocenters. The van der Waals surface area contributed by atoms with Crippen molar-refractivity contribution in [1.82, 2.24) is 0 Å². The maximum atomic E-state index is 9.32. The van der Waals surface area contributed by atoms with E-state index in [1.165, 1.54) is 0 Å². The second-order valence-electron chi connectivity index (χ2n) is 4.14. The Morgan fingerprint density at radius 1 is 1.16 bits per heavy atom. The minimum Gasteiger partial charge on any atom is -0.493 e. The lowest BCUT2D eigenvalue weighted by atomic mass is 10.2. The van der Waals surface area contributed by atoms with Gasteiger partial charge in [0, 0.05) is 5.56 Å². The molecule has 0 aliphatic heterocycles. The number of rotatable bonds is 4. The van der Waals surface area contributed by atoms with Crippen LogP contribution in [0.1, 0.15) is 11.1 Å². The van der Waals surface area contributed by atoms with Crippen molar-refractivity contribution in [3.05, 3.63) is 52.5 Å². The molecule has 0 bridgehead atoms. The number of methoxy groups -OCH3 is 1. The number of aliphatic hydroxyl groups is 1. The number of para-hydroxylation sites is 1. The first-order valence-corrected chi connectivity index (χ1v) is 6.24. The highest BCUT2D eigenvalue weighted by Gasteiger charge is 2.12. The van der Waals surface area contributed by atoms with Gasteiger partial charge in [-0.15, -0.1) is 0 Å². The van der Waals surface area contributed by atoms with Gasteiger partial charge in [0.1, 0.15) is 0 Å². The summed E-state index contributed by atoms with van der Waals surface area (Å²) < 4.78 is 11.1. The van der Waals surface area contributed by atoms with E-state index in [9.17, 15) is 5.11 Å². The number of ether oxygens (including phenoxy) is 2.